The third-order valence-electron chi connectivity index (χ3n) is 3.45. The van der Waals surface area contributed by atoms with E-state index in [1.165, 1.54) is 11.0 Å². The van der Waals surface area contributed by atoms with Crippen molar-refractivity contribution in [1.29, 1.82) is 0 Å². The number of fused-ring (bicyclic) bond motifs is 1. The van der Waals surface area contributed by atoms with Crippen molar-refractivity contribution < 1.29 is 14.0 Å². The van der Waals surface area contributed by atoms with Gasteiger partial charge in [-0.2, -0.15) is 0 Å². The summed E-state index contributed by atoms with van der Waals surface area (Å²) in [7, 11) is 0. The lowest BCUT2D eigenvalue weighted by Gasteiger charge is -2.17. The maximum absolute atomic E-state index is 13.4. The van der Waals surface area contributed by atoms with Gasteiger partial charge in [-0.25, -0.2) is 4.39 Å². The summed E-state index contributed by atoms with van der Waals surface area (Å²) in [5.41, 5.74) is 1.66. The molecule has 3 rings (SSSR count). The predicted molar refractivity (Wildman–Crippen MR) is 80.9 cm³/mol. The highest BCUT2D eigenvalue weighted by Gasteiger charge is 2.37. The lowest BCUT2D eigenvalue weighted by molar-refractivity contribution is -0.114. The van der Waals surface area contributed by atoms with Crippen LogP contribution in [-0.2, 0) is 11.2 Å². The molecule has 0 aliphatic carbocycles. The molecule has 1 amide bonds. The van der Waals surface area contributed by atoms with Crippen LogP contribution in [0.15, 0.2) is 46.9 Å². The molecule has 21 heavy (non-hydrogen) atoms. The van der Waals surface area contributed by atoms with Crippen molar-refractivity contribution in [2.24, 2.45) is 0 Å². The van der Waals surface area contributed by atoms with E-state index >= 15 is 0 Å². The van der Waals surface area contributed by atoms with Gasteiger partial charge in [0.2, 0.25) is 0 Å². The second-order valence-electron chi connectivity index (χ2n) is 4.81. The molecule has 0 spiro atoms. The van der Waals surface area contributed by atoms with Crippen molar-refractivity contribution in [3.05, 3.63) is 63.9 Å². The molecule has 3 nitrogen and oxygen atoms in total. The number of halogens is 2. The highest BCUT2D eigenvalue weighted by molar-refractivity contribution is 9.10. The van der Waals surface area contributed by atoms with E-state index in [-0.39, 0.29) is 5.56 Å². The maximum Gasteiger partial charge on any atom is 0.299 e. The number of rotatable bonds is 3. The Balaban J connectivity index is 1.91. The van der Waals surface area contributed by atoms with Crippen molar-refractivity contribution >= 4 is 33.3 Å². The van der Waals surface area contributed by atoms with Gasteiger partial charge in [0.25, 0.3) is 11.7 Å². The summed E-state index contributed by atoms with van der Waals surface area (Å²) in [6, 6.07) is 12.1. The van der Waals surface area contributed by atoms with Gasteiger partial charge in [-0.05, 0) is 40.0 Å². The van der Waals surface area contributed by atoms with Crippen molar-refractivity contribution in [2.75, 3.05) is 11.4 Å². The van der Waals surface area contributed by atoms with E-state index in [4.69, 9.17) is 0 Å². The Morgan fingerprint density at radius 2 is 1.81 bits per heavy atom. The fourth-order valence-corrected chi connectivity index (χ4v) is 3.10. The summed E-state index contributed by atoms with van der Waals surface area (Å²) in [6.07, 6.45) is 0.628. The van der Waals surface area contributed by atoms with Crippen LogP contribution in [0.25, 0.3) is 0 Å². The highest BCUT2D eigenvalue weighted by atomic mass is 79.9. The molecule has 1 heterocycles. The SMILES string of the molecule is O=C1C(=O)N(CCc2ccccc2)c2c(Br)cc(F)cc21. The zero-order valence-electron chi connectivity index (χ0n) is 11.0. The van der Waals surface area contributed by atoms with Gasteiger partial charge in [0.15, 0.2) is 0 Å². The maximum atomic E-state index is 13.4. The van der Waals surface area contributed by atoms with Crippen molar-refractivity contribution in [2.45, 2.75) is 6.42 Å². The zero-order chi connectivity index (χ0) is 15.0. The van der Waals surface area contributed by atoms with Crippen LogP contribution in [0.1, 0.15) is 15.9 Å². The van der Waals surface area contributed by atoms with Gasteiger partial charge in [0.05, 0.1) is 11.3 Å². The van der Waals surface area contributed by atoms with Gasteiger partial charge < -0.3 is 4.90 Å². The first kappa shape index (κ1) is 13.9. The summed E-state index contributed by atoms with van der Waals surface area (Å²) < 4.78 is 13.8. The number of hydrogen-bond donors (Lipinski definition) is 0. The molecule has 5 heteroatoms. The Labute approximate surface area is 129 Å². The third-order valence-corrected chi connectivity index (χ3v) is 4.05. The van der Waals surface area contributed by atoms with Crippen LogP contribution in [0.2, 0.25) is 0 Å². The van der Waals surface area contributed by atoms with Gasteiger partial charge in [-0.3, -0.25) is 9.59 Å². The van der Waals surface area contributed by atoms with E-state index in [0.29, 0.717) is 23.1 Å². The molecule has 2 aromatic rings. The van der Waals surface area contributed by atoms with Crippen LogP contribution in [0, 0.1) is 5.82 Å². The standard InChI is InChI=1S/C16H11BrFNO2/c17-13-9-11(18)8-12-14(13)19(16(21)15(12)20)7-6-10-4-2-1-3-5-10/h1-5,8-9H,6-7H2. The quantitative estimate of drug-likeness (QED) is 0.798. The number of carbonyl (C=O) groups excluding carboxylic acids is 2. The largest absolute Gasteiger partial charge is 0.303 e. The van der Waals surface area contributed by atoms with E-state index in [9.17, 15) is 14.0 Å². The first-order chi connectivity index (χ1) is 10.1. The van der Waals surface area contributed by atoms with Crippen molar-refractivity contribution in [3.8, 4) is 0 Å². The minimum Gasteiger partial charge on any atom is -0.303 e. The molecular formula is C16H11BrFNO2. The van der Waals surface area contributed by atoms with Gasteiger partial charge >= 0.3 is 0 Å². The Morgan fingerprint density at radius 3 is 2.52 bits per heavy atom. The molecule has 0 saturated carbocycles. The number of amides is 1. The van der Waals surface area contributed by atoms with Gasteiger partial charge in [0.1, 0.15) is 5.82 Å². The van der Waals surface area contributed by atoms with E-state index < -0.39 is 17.5 Å². The molecule has 2 aromatic carbocycles. The van der Waals surface area contributed by atoms with Crippen molar-refractivity contribution in [1.82, 2.24) is 0 Å². The van der Waals surface area contributed by atoms with Crippen molar-refractivity contribution in [3.63, 3.8) is 0 Å². The topological polar surface area (TPSA) is 37.4 Å². The monoisotopic (exact) mass is 347 g/mol. The minimum absolute atomic E-state index is 0.125. The molecule has 0 aromatic heterocycles. The van der Waals surface area contributed by atoms with E-state index in [0.717, 1.165) is 11.6 Å². The minimum atomic E-state index is -0.654. The second kappa shape index (κ2) is 5.41. The summed E-state index contributed by atoms with van der Waals surface area (Å²) in [6.45, 7) is 0.381. The van der Waals surface area contributed by atoms with Crippen LogP contribution in [0.3, 0.4) is 0 Å². The molecule has 0 saturated heterocycles. The second-order valence-corrected chi connectivity index (χ2v) is 5.66. The van der Waals surface area contributed by atoms with Crippen LogP contribution in [0.5, 0.6) is 0 Å². The fourth-order valence-electron chi connectivity index (χ4n) is 2.45. The van der Waals surface area contributed by atoms with Crippen LogP contribution < -0.4 is 4.90 Å². The molecule has 0 unspecified atom stereocenters. The molecule has 1 aliphatic heterocycles. The fraction of sp³-hybridized carbons (Fsp3) is 0.125. The summed E-state index contributed by atoms with van der Waals surface area (Å²) in [5.74, 6) is -1.79. The molecule has 106 valence electrons. The number of carbonyl (C=O) groups is 2. The van der Waals surface area contributed by atoms with Crippen LogP contribution in [0.4, 0.5) is 10.1 Å². The normalized spacial score (nSPS) is 13.7. The number of anilines is 1. The molecule has 0 bridgehead atoms. The predicted octanol–water partition coefficient (Wildman–Crippen LogP) is 3.36. The first-order valence-electron chi connectivity index (χ1n) is 6.47. The zero-order valence-corrected chi connectivity index (χ0v) is 12.6. The first-order valence-corrected chi connectivity index (χ1v) is 7.26. The highest BCUT2D eigenvalue weighted by Crippen LogP contribution is 2.36. The average Bonchev–Trinajstić information content (AvgIpc) is 2.71. The number of Topliss-reactive ketones (excluding diaryl/α,β-unsaturated/α-hetero) is 1. The van der Waals surface area contributed by atoms with Crippen LogP contribution >= 0.6 is 15.9 Å². The number of ketones is 1. The van der Waals surface area contributed by atoms with Gasteiger partial charge in [-0.15, -0.1) is 0 Å². The lowest BCUT2D eigenvalue weighted by atomic mass is 10.1. The summed E-state index contributed by atoms with van der Waals surface area (Å²) in [5, 5.41) is 0. The van der Waals surface area contributed by atoms with E-state index in [1.54, 1.807) is 0 Å². The summed E-state index contributed by atoms with van der Waals surface area (Å²) >= 11 is 3.23. The smallest absolute Gasteiger partial charge is 0.299 e. The molecular weight excluding hydrogens is 337 g/mol. The number of hydrogen-bond acceptors (Lipinski definition) is 2. The molecule has 1 aliphatic rings. The third kappa shape index (κ3) is 2.49. The summed E-state index contributed by atoms with van der Waals surface area (Å²) in [4.78, 5) is 25.4. The van der Waals surface area contributed by atoms with E-state index in [1.807, 2.05) is 30.3 Å². The lowest BCUT2D eigenvalue weighted by Crippen LogP contribution is -2.31. The Hall–Kier alpha value is -2.01. The van der Waals surface area contributed by atoms with Gasteiger partial charge in [0, 0.05) is 11.0 Å². The molecule has 0 N–H and O–H groups in total. The Kier molecular flexibility index (Phi) is 3.59. The Morgan fingerprint density at radius 1 is 1.10 bits per heavy atom. The Bertz CT molecular complexity index is 731. The van der Waals surface area contributed by atoms with Crippen LogP contribution in [-0.4, -0.2) is 18.2 Å². The molecule has 0 fully saturated rings. The number of nitrogens with zero attached hydrogens (tertiary/aromatic N) is 1. The molecule has 0 atom stereocenters. The molecule has 0 radical (unpaired) electrons. The van der Waals surface area contributed by atoms with E-state index in [2.05, 4.69) is 15.9 Å². The van der Waals surface area contributed by atoms with Gasteiger partial charge in [-0.1, -0.05) is 30.3 Å². The average molecular weight is 348 g/mol. The number of benzene rings is 2.